The summed E-state index contributed by atoms with van der Waals surface area (Å²) in [6.45, 7) is 4.25. The van der Waals surface area contributed by atoms with E-state index in [1.807, 2.05) is 0 Å². The predicted octanol–water partition coefficient (Wildman–Crippen LogP) is 2.06. The first-order valence-corrected chi connectivity index (χ1v) is 3.35. The highest BCUT2D eigenvalue weighted by molar-refractivity contribution is 4.85. The first-order chi connectivity index (χ1) is 4.81. The van der Waals surface area contributed by atoms with Crippen LogP contribution in [0.25, 0.3) is 0 Å². The van der Waals surface area contributed by atoms with E-state index in [0.29, 0.717) is 0 Å². The molecule has 0 atom stereocenters. The van der Waals surface area contributed by atoms with Crippen molar-refractivity contribution in [3.8, 4) is 0 Å². The van der Waals surface area contributed by atoms with Crippen molar-refractivity contribution in [2.24, 2.45) is 0 Å². The second-order valence-electron chi connectivity index (χ2n) is 1.83. The lowest BCUT2D eigenvalue weighted by Gasteiger charge is -1.72. The van der Waals surface area contributed by atoms with Gasteiger partial charge in [0, 0.05) is 6.07 Å². The summed E-state index contributed by atoms with van der Waals surface area (Å²) in [7, 11) is 0. The molecule has 0 aliphatic heterocycles. The zero-order valence-electron chi connectivity index (χ0n) is 6.33. The van der Waals surface area contributed by atoms with Crippen LogP contribution < -0.4 is 5.63 Å². The van der Waals surface area contributed by atoms with E-state index in [9.17, 15) is 4.79 Å². The van der Waals surface area contributed by atoms with Gasteiger partial charge in [-0.15, -0.1) is 0 Å². The predicted molar refractivity (Wildman–Crippen MR) is 40.9 cm³/mol. The van der Waals surface area contributed by atoms with Crippen LogP contribution in [0.4, 0.5) is 0 Å². The zero-order chi connectivity index (χ0) is 7.82. The maximum absolute atomic E-state index is 10.1. The topological polar surface area (TPSA) is 30.2 Å². The SMILES string of the molecule is CCC.O=c1cccco1. The Kier molecular flexibility index (Phi) is 5.44. The first-order valence-electron chi connectivity index (χ1n) is 3.35. The molecule has 0 unspecified atom stereocenters. The Morgan fingerprint density at radius 3 is 2.20 bits per heavy atom. The van der Waals surface area contributed by atoms with Gasteiger partial charge in [0.1, 0.15) is 0 Å². The molecule has 1 aromatic rings. The van der Waals surface area contributed by atoms with Gasteiger partial charge in [0.05, 0.1) is 6.26 Å². The Bertz CT molecular complexity index is 185. The Morgan fingerprint density at radius 2 is 2.00 bits per heavy atom. The van der Waals surface area contributed by atoms with Crippen molar-refractivity contribution in [1.82, 2.24) is 0 Å². The van der Waals surface area contributed by atoms with Gasteiger partial charge in [-0.3, -0.25) is 0 Å². The van der Waals surface area contributed by atoms with Crippen molar-refractivity contribution in [2.75, 3.05) is 0 Å². The van der Waals surface area contributed by atoms with Crippen molar-refractivity contribution in [2.45, 2.75) is 20.3 Å². The van der Waals surface area contributed by atoms with Crippen LogP contribution in [0, 0.1) is 0 Å². The minimum absolute atomic E-state index is 0.303. The normalized spacial score (nSPS) is 7.80. The fourth-order valence-electron chi connectivity index (χ4n) is 0.325. The van der Waals surface area contributed by atoms with Crippen LogP contribution in [0.2, 0.25) is 0 Å². The van der Waals surface area contributed by atoms with Gasteiger partial charge in [0.25, 0.3) is 0 Å². The van der Waals surface area contributed by atoms with Gasteiger partial charge in [0.15, 0.2) is 0 Å². The Labute approximate surface area is 60.5 Å². The van der Waals surface area contributed by atoms with Crippen molar-refractivity contribution in [3.63, 3.8) is 0 Å². The summed E-state index contributed by atoms with van der Waals surface area (Å²) in [5, 5.41) is 0. The van der Waals surface area contributed by atoms with E-state index >= 15 is 0 Å². The van der Waals surface area contributed by atoms with Gasteiger partial charge in [-0.05, 0) is 6.07 Å². The summed E-state index contributed by atoms with van der Waals surface area (Å²) in [6, 6.07) is 4.65. The minimum atomic E-state index is -0.303. The van der Waals surface area contributed by atoms with E-state index in [1.165, 1.54) is 18.8 Å². The maximum Gasteiger partial charge on any atom is 0.335 e. The van der Waals surface area contributed by atoms with Crippen molar-refractivity contribution < 1.29 is 4.42 Å². The van der Waals surface area contributed by atoms with E-state index in [-0.39, 0.29) is 5.63 Å². The molecule has 0 fully saturated rings. The summed E-state index contributed by atoms with van der Waals surface area (Å²) < 4.78 is 4.37. The van der Waals surface area contributed by atoms with Gasteiger partial charge >= 0.3 is 5.63 Å². The molecule has 2 heteroatoms. The van der Waals surface area contributed by atoms with Gasteiger partial charge in [-0.25, -0.2) is 4.79 Å². The van der Waals surface area contributed by atoms with Crippen LogP contribution in [0.1, 0.15) is 20.3 Å². The largest absolute Gasteiger partial charge is 0.431 e. The van der Waals surface area contributed by atoms with Gasteiger partial charge < -0.3 is 4.42 Å². The third kappa shape index (κ3) is 5.09. The molecule has 10 heavy (non-hydrogen) atoms. The van der Waals surface area contributed by atoms with Crippen LogP contribution >= 0.6 is 0 Å². The minimum Gasteiger partial charge on any atom is -0.431 e. The summed E-state index contributed by atoms with van der Waals surface area (Å²) in [5.74, 6) is 0. The standard InChI is InChI=1S/C5H4O2.C3H8/c6-5-3-1-2-4-7-5;1-3-2/h1-4H;3H2,1-2H3. The second kappa shape index (κ2) is 6.08. The quantitative estimate of drug-likeness (QED) is 0.552. The summed E-state index contributed by atoms with van der Waals surface area (Å²) in [4.78, 5) is 10.1. The molecule has 1 aromatic heterocycles. The van der Waals surface area contributed by atoms with Gasteiger partial charge in [-0.1, -0.05) is 26.3 Å². The number of hydrogen-bond donors (Lipinski definition) is 0. The van der Waals surface area contributed by atoms with E-state index in [2.05, 4.69) is 18.3 Å². The lowest BCUT2D eigenvalue weighted by molar-refractivity contribution is 0.511. The second-order valence-corrected chi connectivity index (χ2v) is 1.83. The lowest BCUT2D eigenvalue weighted by Crippen LogP contribution is -1.90. The summed E-state index contributed by atoms with van der Waals surface area (Å²) in [6.07, 6.45) is 2.60. The number of hydrogen-bond acceptors (Lipinski definition) is 2. The molecule has 0 saturated carbocycles. The Balaban J connectivity index is 0.000000236. The highest BCUT2D eigenvalue weighted by Crippen LogP contribution is 1.72. The molecule has 0 aliphatic carbocycles. The molecule has 0 amide bonds. The van der Waals surface area contributed by atoms with Crippen LogP contribution in [0.3, 0.4) is 0 Å². The molecule has 0 bridgehead atoms. The molecule has 1 heterocycles. The molecule has 2 nitrogen and oxygen atoms in total. The highest BCUT2D eigenvalue weighted by atomic mass is 16.4. The molecule has 0 radical (unpaired) electrons. The number of rotatable bonds is 0. The fraction of sp³-hybridized carbons (Fsp3) is 0.375. The molecule has 0 spiro atoms. The van der Waals surface area contributed by atoms with E-state index in [1.54, 1.807) is 12.1 Å². The molecule has 0 N–H and O–H groups in total. The van der Waals surface area contributed by atoms with Crippen LogP contribution in [-0.4, -0.2) is 0 Å². The Morgan fingerprint density at radius 1 is 1.40 bits per heavy atom. The molecule has 0 aliphatic rings. The maximum atomic E-state index is 10.1. The molecular weight excluding hydrogens is 128 g/mol. The average molecular weight is 140 g/mol. The van der Waals surface area contributed by atoms with Crippen LogP contribution in [-0.2, 0) is 0 Å². The molecule has 0 aromatic carbocycles. The first kappa shape index (κ1) is 8.95. The van der Waals surface area contributed by atoms with Crippen molar-refractivity contribution in [3.05, 3.63) is 34.9 Å². The third-order valence-electron chi connectivity index (χ3n) is 0.606. The summed E-state index contributed by atoms with van der Waals surface area (Å²) in [5.41, 5.74) is -0.303. The Hall–Kier alpha value is -1.05. The molecule has 0 saturated heterocycles. The zero-order valence-corrected chi connectivity index (χ0v) is 6.33. The van der Waals surface area contributed by atoms with Gasteiger partial charge in [-0.2, -0.15) is 0 Å². The highest BCUT2D eigenvalue weighted by Gasteiger charge is 1.72. The third-order valence-corrected chi connectivity index (χ3v) is 0.606. The van der Waals surface area contributed by atoms with Crippen molar-refractivity contribution >= 4 is 0 Å². The van der Waals surface area contributed by atoms with E-state index < -0.39 is 0 Å². The average Bonchev–Trinajstić information content (AvgIpc) is 1.91. The van der Waals surface area contributed by atoms with Crippen LogP contribution in [0.15, 0.2) is 33.7 Å². The molecular formula is C8H12O2. The van der Waals surface area contributed by atoms with Crippen LogP contribution in [0.5, 0.6) is 0 Å². The van der Waals surface area contributed by atoms with E-state index in [4.69, 9.17) is 0 Å². The lowest BCUT2D eigenvalue weighted by atomic mass is 10.5. The summed E-state index contributed by atoms with van der Waals surface area (Å²) >= 11 is 0. The monoisotopic (exact) mass is 140 g/mol. The molecule has 1 rings (SSSR count). The fourth-order valence-corrected chi connectivity index (χ4v) is 0.325. The smallest absolute Gasteiger partial charge is 0.335 e. The van der Waals surface area contributed by atoms with Crippen molar-refractivity contribution in [1.29, 1.82) is 0 Å². The van der Waals surface area contributed by atoms with Gasteiger partial charge in [0.2, 0.25) is 0 Å². The van der Waals surface area contributed by atoms with E-state index in [0.717, 1.165) is 0 Å². The molecule has 56 valence electrons.